The Morgan fingerprint density at radius 2 is 1.24 bits per heavy atom. The van der Waals surface area contributed by atoms with Crippen molar-refractivity contribution in [1.29, 1.82) is 0 Å². The smallest absolute Gasteiger partial charge is 0.224 e. The lowest BCUT2D eigenvalue weighted by molar-refractivity contribution is 0.111. The van der Waals surface area contributed by atoms with Crippen LogP contribution in [-0.4, -0.2) is 20.8 Å². The summed E-state index contributed by atoms with van der Waals surface area (Å²) in [6.07, 6.45) is 5.41. The molecule has 33 heavy (non-hydrogen) atoms. The molecule has 0 N–H and O–H groups in total. The van der Waals surface area contributed by atoms with E-state index in [0.29, 0.717) is 17.5 Å². The van der Waals surface area contributed by atoms with Crippen molar-refractivity contribution in [1.82, 2.24) is 14.5 Å². The fraction of sp³-hybridized carbons (Fsp3) is 0.0357. The highest BCUT2D eigenvalue weighted by Gasteiger charge is 2.38. The average molecular weight is 433 g/mol. The molecule has 0 radical (unpaired) electrons. The Labute approximate surface area is 191 Å². The molecule has 0 saturated heterocycles. The van der Waals surface area contributed by atoms with Gasteiger partial charge in [-0.2, -0.15) is 4.39 Å². The van der Waals surface area contributed by atoms with E-state index in [-0.39, 0.29) is 5.56 Å². The van der Waals surface area contributed by atoms with Crippen molar-refractivity contribution in [2.24, 2.45) is 0 Å². The molecule has 0 unspecified atom stereocenters. The van der Waals surface area contributed by atoms with E-state index in [1.807, 2.05) is 65.4 Å². The lowest BCUT2D eigenvalue weighted by atomic mass is 9.77. The Morgan fingerprint density at radius 3 is 1.73 bits per heavy atom. The summed E-state index contributed by atoms with van der Waals surface area (Å²) in [6.45, 7) is 0. The minimum absolute atomic E-state index is 0.104. The van der Waals surface area contributed by atoms with E-state index in [1.165, 1.54) is 6.20 Å². The molecule has 0 aliphatic carbocycles. The molecule has 4 nitrogen and oxygen atoms in total. The lowest BCUT2D eigenvalue weighted by Crippen LogP contribution is -2.36. The zero-order chi connectivity index (χ0) is 22.7. The molecule has 5 aromatic rings. The molecule has 0 aliphatic rings. The standard InChI is InChI=1S/C28H20FN3O/c29-27-25(19-33)24(16-17-30-27)26-18-32(20-31-26)28(21-10-4-1-5-11-21,22-12-6-2-7-13-22)23-14-8-3-9-15-23/h1-20H. The number of aldehydes is 1. The van der Waals surface area contributed by atoms with Crippen molar-refractivity contribution in [3.05, 3.63) is 144 Å². The van der Waals surface area contributed by atoms with Gasteiger partial charge in [-0.15, -0.1) is 0 Å². The molecule has 2 aromatic heterocycles. The van der Waals surface area contributed by atoms with E-state index >= 15 is 0 Å². The van der Waals surface area contributed by atoms with Crippen molar-refractivity contribution in [2.45, 2.75) is 5.54 Å². The van der Waals surface area contributed by atoms with Gasteiger partial charge in [-0.1, -0.05) is 91.0 Å². The molecule has 0 spiro atoms. The molecule has 0 amide bonds. The van der Waals surface area contributed by atoms with Gasteiger partial charge in [0, 0.05) is 18.0 Å². The van der Waals surface area contributed by atoms with Crippen molar-refractivity contribution in [2.75, 3.05) is 0 Å². The van der Waals surface area contributed by atoms with Gasteiger partial charge in [-0.25, -0.2) is 9.97 Å². The number of pyridine rings is 1. The first-order valence-electron chi connectivity index (χ1n) is 10.6. The predicted molar refractivity (Wildman–Crippen MR) is 125 cm³/mol. The molecule has 0 atom stereocenters. The number of imidazole rings is 1. The summed E-state index contributed by atoms with van der Waals surface area (Å²) in [5.74, 6) is -0.808. The predicted octanol–water partition coefficient (Wildman–Crippen LogP) is 5.74. The maximum Gasteiger partial charge on any atom is 0.224 e. The lowest BCUT2D eigenvalue weighted by Gasteiger charge is -2.37. The summed E-state index contributed by atoms with van der Waals surface area (Å²) in [7, 11) is 0. The number of carbonyl (C=O) groups excluding carboxylic acids is 1. The van der Waals surface area contributed by atoms with Crippen LogP contribution in [0.5, 0.6) is 0 Å². The number of rotatable bonds is 6. The van der Waals surface area contributed by atoms with Crippen molar-refractivity contribution in [3.63, 3.8) is 0 Å². The first kappa shape index (κ1) is 20.5. The van der Waals surface area contributed by atoms with E-state index in [4.69, 9.17) is 0 Å². The SMILES string of the molecule is O=Cc1c(-c2cn(C(c3ccccc3)(c3ccccc3)c3ccccc3)cn2)ccnc1F. The number of halogens is 1. The van der Waals surface area contributed by atoms with Crippen LogP contribution in [0, 0.1) is 5.95 Å². The first-order chi connectivity index (χ1) is 16.2. The summed E-state index contributed by atoms with van der Waals surface area (Å²) in [5.41, 5.74) is 3.19. The number of hydrogen-bond donors (Lipinski definition) is 0. The van der Waals surface area contributed by atoms with E-state index in [1.54, 1.807) is 12.4 Å². The Hall–Kier alpha value is -4.38. The molecule has 5 heteroatoms. The number of aromatic nitrogens is 3. The Balaban J connectivity index is 1.82. The summed E-state index contributed by atoms with van der Waals surface area (Å²) >= 11 is 0. The second-order valence-corrected chi connectivity index (χ2v) is 7.66. The summed E-state index contributed by atoms with van der Waals surface area (Å²) < 4.78 is 16.2. The van der Waals surface area contributed by atoms with Gasteiger partial charge in [0.15, 0.2) is 6.29 Å². The molecule has 2 heterocycles. The number of benzene rings is 3. The molecule has 160 valence electrons. The molecule has 0 saturated carbocycles. The van der Waals surface area contributed by atoms with Crippen LogP contribution in [0.1, 0.15) is 27.0 Å². The summed E-state index contributed by atoms with van der Waals surface area (Å²) in [5, 5.41) is 0. The average Bonchev–Trinajstić information content (AvgIpc) is 3.37. The van der Waals surface area contributed by atoms with Crippen LogP contribution in [0.25, 0.3) is 11.3 Å². The second-order valence-electron chi connectivity index (χ2n) is 7.66. The van der Waals surface area contributed by atoms with Gasteiger partial charge in [0.1, 0.15) is 5.54 Å². The largest absolute Gasteiger partial charge is 0.318 e. The first-order valence-corrected chi connectivity index (χ1v) is 10.6. The third-order valence-corrected chi connectivity index (χ3v) is 5.88. The van der Waals surface area contributed by atoms with E-state index < -0.39 is 11.5 Å². The Bertz CT molecular complexity index is 1290. The number of nitrogens with zero attached hydrogens (tertiary/aromatic N) is 3. The van der Waals surface area contributed by atoms with Gasteiger partial charge in [-0.05, 0) is 22.8 Å². The third kappa shape index (κ3) is 3.44. The fourth-order valence-electron chi connectivity index (χ4n) is 4.41. The Morgan fingerprint density at radius 1 is 0.727 bits per heavy atom. The van der Waals surface area contributed by atoms with E-state index in [2.05, 4.69) is 46.4 Å². The highest BCUT2D eigenvalue weighted by atomic mass is 19.1. The third-order valence-electron chi connectivity index (χ3n) is 5.88. The summed E-state index contributed by atoms with van der Waals surface area (Å²) in [6, 6.07) is 32.1. The Kier molecular flexibility index (Phi) is 5.37. The van der Waals surface area contributed by atoms with Crippen LogP contribution in [0.4, 0.5) is 4.39 Å². The normalized spacial score (nSPS) is 11.3. The van der Waals surface area contributed by atoms with Crippen LogP contribution >= 0.6 is 0 Å². The number of carbonyl (C=O) groups is 1. The van der Waals surface area contributed by atoms with Gasteiger partial charge in [-0.3, -0.25) is 4.79 Å². The van der Waals surface area contributed by atoms with Crippen LogP contribution in [0.3, 0.4) is 0 Å². The molecule has 0 aliphatic heterocycles. The van der Waals surface area contributed by atoms with Gasteiger partial charge in [0.2, 0.25) is 5.95 Å². The summed E-state index contributed by atoms with van der Waals surface area (Å²) in [4.78, 5) is 19.8. The highest BCUT2D eigenvalue weighted by molar-refractivity contribution is 5.86. The molecule has 0 bridgehead atoms. The number of hydrogen-bond acceptors (Lipinski definition) is 3. The minimum Gasteiger partial charge on any atom is -0.318 e. The van der Waals surface area contributed by atoms with Crippen LogP contribution in [-0.2, 0) is 5.54 Å². The maximum absolute atomic E-state index is 14.2. The molecule has 0 fully saturated rings. The molecular formula is C28H20FN3O. The molecule has 3 aromatic carbocycles. The monoisotopic (exact) mass is 433 g/mol. The van der Waals surface area contributed by atoms with Crippen LogP contribution < -0.4 is 0 Å². The second kappa shape index (κ2) is 8.63. The molecule has 5 rings (SSSR count). The topological polar surface area (TPSA) is 47.8 Å². The zero-order valence-corrected chi connectivity index (χ0v) is 17.7. The van der Waals surface area contributed by atoms with Crippen LogP contribution in [0.15, 0.2) is 116 Å². The van der Waals surface area contributed by atoms with Gasteiger partial charge < -0.3 is 4.57 Å². The van der Waals surface area contributed by atoms with Crippen LogP contribution in [0.2, 0.25) is 0 Å². The van der Waals surface area contributed by atoms with Gasteiger partial charge in [0.25, 0.3) is 0 Å². The highest BCUT2D eigenvalue weighted by Crippen LogP contribution is 2.41. The maximum atomic E-state index is 14.2. The van der Waals surface area contributed by atoms with Crippen molar-refractivity contribution >= 4 is 6.29 Å². The van der Waals surface area contributed by atoms with Crippen molar-refractivity contribution in [3.8, 4) is 11.3 Å². The zero-order valence-electron chi connectivity index (χ0n) is 17.7. The van der Waals surface area contributed by atoms with Crippen molar-refractivity contribution < 1.29 is 9.18 Å². The quantitative estimate of drug-likeness (QED) is 0.195. The molecular weight excluding hydrogens is 413 g/mol. The van der Waals surface area contributed by atoms with E-state index in [0.717, 1.165) is 16.7 Å². The van der Waals surface area contributed by atoms with Gasteiger partial charge >= 0.3 is 0 Å². The van der Waals surface area contributed by atoms with E-state index in [9.17, 15) is 9.18 Å². The minimum atomic E-state index is -0.808. The van der Waals surface area contributed by atoms with Gasteiger partial charge in [0.05, 0.1) is 17.6 Å². The fourth-order valence-corrected chi connectivity index (χ4v) is 4.41.